The molecule has 2 nitrogen and oxygen atoms in total. The van der Waals surface area contributed by atoms with E-state index in [4.69, 9.17) is 0 Å². The van der Waals surface area contributed by atoms with Gasteiger partial charge in [0.1, 0.15) is 0 Å². The van der Waals surface area contributed by atoms with Crippen LogP contribution in [0.5, 0.6) is 0 Å². The number of nitrogens with zero attached hydrogens (tertiary/aromatic N) is 1. The lowest BCUT2D eigenvalue weighted by molar-refractivity contribution is 0.225. The molecule has 0 radical (unpaired) electrons. The van der Waals surface area contributed by atoms with E-state index in [0.29, 0.717) is 0 Å². The van der Waals surface area contributed by atoms with Gasteiger partial charge in [-0.15, -0.1) is 0 Å². The summed E-state index contributed by atoms with van der Waals surface area (Å²) in [7, 11) is 0. The molecular formula is C10H20N2. The van der Waals surface area contributed by atoms with Gasteiger partial charge < -0.3 is 10.2 Å². The number of hydrogen-bond acceptors (Lipinski definition) is 2. The highest BCUT2D eigenvalue weighted by atomic mass is 15.2. The van der Waals surface area contributed by atoms with Gasteiger partial charge in [-0.2, -0.15) is 0 Å². The lowest BCUT2D eigenvalue weighted by Crippen LogP contribution is -2.33. The van der Waals surface area contributed by atoms with Crippen LogP contribution in [0.2, 0.25) is 0 Å². The van der Waals surface area contributed by atoms with E-state index in [1.54, 1.807) is 0 Å². The lowest BCUT2D eigenvalue weighted by Gasteiger charge is -2.25. The van der Waals surface area contributed by atoms with Crippen molar-refractivity contribution in [2.24, 2.45) is 0 Å². The summed E-state index contributed by atoms with van der Waals surface area (Å²) in [6.45, 7) is 5.21. The third kappa shape index (κ3) is 1.99. The second-order valence-corrected chi connectivity index (χ2v) is 4.08. The van der Waals surface area contributed by atoms with Crippen molar-refractivity contribution < 1.29 is 0 Å². The molecule has 2 heteroatoms. The quantitative estimate of drug-likeness (QED) is 0.633. The average Bonchev–Trinajstić information content (AvgIpc) is 2.48. The first kappa shape index (κ1) is 8.52. The molecule has 0 spiro atoms. The van der Waals surface area contributed by atoms with Gasteiger partial charge in [-0.1, -0.05) is 0 Å². The van der Waals surface area contributed by atoms with E-state index < -0.39 is 0 Å². The maximum Gasteiger partial charge on any atom is 0.0108 e. The van der Waals surface area contributed by atoms with Gasteiger partial charge >= 0.3 is 0 Å². The van der Waals surface area contributed by atoms with Gasteiger partial charge in [0.05, 0.1) is 0 Å². The molecular weight excluding hydrogens is 148 g/mol. The van der Waals surface area contributed by atoms with Crippen molar-refractivity contribution >= 4 is 0 Å². The van der Waals surface area contributed by atoms with Crippen molar-refractivity contribution in [3.63, 3.8) is 0 Å². The Bertz CT molecular complexity index is 122. The lowest BCUT2D eigenvalue weighted by atomic mass is 10.1. The van der Waals surface area contributed by atoms with E-state index in [2.05, 4.69) is 10.2 Å². The molecule has 1 N–H and O–H groups in total. The summed E-state index contributed by atoms with van der Waals surface area (Å²) in [5, 5.41) is 3.47. The number of likely N-dealkylation sites (tertiary alicyclic amines) is 1. The average molecular weight is 168 g/mol. The van der Waals surface area contributed by atoms with Gasteiger partial charge in [-0.05, 0) is 58.3 Å². The van der Waals surface area contributed by atoms with Crippen molar-refractivity contribution in [2.75, 3.05) is 26.2 Å². The summed E-state index contributed by atoms with van der Waals surface area (Å²) >= 11 is 0. The Morgan fingerprint density at radius 1 is 0.917 bits per heavy atom. The fourth-order valence-corrected chi connectivity index (χ4v) is 2.47. The van der Waals surface area contributed by atoms with Crippen LogP contribution in [0.4, 0.5) is 0 Å². The smallest absolute Gasteiger partial charge is 0.0108 e. The van der Waals surface area contributed by atoms with Gasteiger partial charge in [0.15, 0.2) is 0 Å². The van der Waals surface area contributed by atoms with E-state index in [1.165, 1.54) is 58.3 Å². The Kier molecular flexibility index (Phi) is 3.01. The Morgan fingerprint density at radius 3 is 2.58 bits per heavy atom. The van der Waals surface area contributed by atoms with Gasteiger partial charge in [0, 0.05) is 6.04 Å². The number of rotatable bonds is 1. The summed E-state index contributed by atoms with van der Waals surface area (Å²) in [5.41, 5.74) is 0. The molecule has 2 saturated heterocycles. The molecule has 2 heterocycles. The van der Waals surface area contributed by atoms with Crippen molar-refractivity contribution in [3.05, 3.63) is 0 Å². The molecule has 0 amide bonds. The van der Waals surface area contributed by atoms with Crippen LogP contribution < -0.4 is 5.32 Å². The van der Waals surface area contributed by atoms with Crippen molar-refractivity contribution in [3.8, 4) is 0 Å². The van der Waals surface area contributed by atoms with Gasteiger partial charge in [-0.25, -0.2) is 0 Å². The van der Waals surface area contributed by atoms with E-state index in [0.717, 1.165) is 6.04 Å². The van der Waals surface area contributed by atoms with Crippen LogP contribution in [-0.2, 0) is 0 Å². The summed E-state index contributed by atoms with van der Waals surface area (Å²) in [5.74, 6) is 0. The highest BCUT2D eigenvalue weighted by molar-refractivity contribution is 4.79. The minimum Gasteiger partial charge on any atom is -0.317 e. The molecule has 0 saturated carbocycles. The topological polar surface area (TPSA) is 15.3 Å². The minimum absolute atomic E-state index is 0.905. The van der Waals surface area contributed by atoms with Crippen LogP contribution in [0.3, 0.4) is 0 Å². The maximum atomic E-state index is 3.47. The second kappa shape index (κ2) is 4.24. The van der Waals surface area contributed by atoms with Gasteiger partial charge in [-0.3, -0.25) is 0 Å². The minimum atomic E-state index is 0.905. The van der Waals surface area contributed by atoms with E-state index in [1.807, 2.05) is 0 Å². The molecule has 2 fully saturated rings. The SMILES string of the molecule is C1CNCCC(N2CCCC2)C1. The molecule has 2 aliphatic rings. The molecule has 2 aliphatic heterocycles. The van der Waals surface area contributed by atoms with Gasteiger partial charge in [0.25, 0.3) is 0 Å². The fourth-order valence-electron chi connectivity index (χ4n) is 2.47. The van der Waals surface area contributed by atoms with Crippen LogP contribution in [0.1, 0.15) is 32.1 Å². The van der Waals surface area contributed by atoms with Crippen LogP contribution in [0.15, 0.2) is 0 Å². The monoisotopic (exact) mass is 168 g/mol. The third-order valence-corrected chi connectivity index (χ3v) is 3.20. The summed E-state index contributed by atoms with van der Waals surface area (Å²) in [4.78, 5) is 2.70. The van der Waals surface area contributed by atoms with Crippen LogP contribution >= 0.6 is 0 Å². The van der Waals surface area contributed by atoms with Crippen LogP contribution in [0, 0.1) is 0 Å². The Balaban J connectivity index is 1.83. The largest absolute Gasteiger partial charge is 0.317 e. The standard InChI is InChI=1S/C10H20N2/c1-2-9-12(8-1)10-4-3-6-11-7-5-10/h10-11H,1-9H2. The van der Waals surface area contributed by atoms with Crippen LogP contribution in [0.25, 0.3) is 0 Å². The molecule has 1 atom stereocenters. The van der Waals surface area contributed by atoms with E-state index in [9.17, 15) is 0 Å². The fraction of sp³-hybridized carbons (Fsp3) is 1.00. The first-order valence-electron chi connectivity index (χ1n) is 5.41. The zero-order chi connectivity index (χ0) is 8.23. The number of nitrogens with one attached hydrogen (secondary N) is 1. The molecule has 1 unspecified atom stereocenters. The summed E-state index contributed by atoms with van der Waals surface area (Å²) in [6.07, 6.45) is 7.04. The van der Waals surface area contributed by atoms with Crippen molar-refractivity contribution in [2.45, 2.75) is 38.1 Å². The molecule has 0 aromatic rings. The molecule has 12 heavy (non-hydrogen) atoms. The first-order chi connectivity index (χ1) is 5.97. The predicted octanol–water partition coefficient (Wildman–Crippen LogP) is 1.22. The highest BCUT2D eigenvalue weighted by Crippen LogP contribution is 2.18. The van der Waals surface area contributed by atoms with Crippen molar-refractivity contribution in [1.82, 2.24) is 10.2 Å². The maximum absolute atomic E-state index is 3.47. The highest BCUT2D eigenvalue weighted by Gasteiger charge is 2.21. The molecule has 0 aromatic carbocycles. The van der Waals surface area contributed by atoms with Crippen molar-refractivity contribution in [1.29, 1.82) is 0 Å². The Hall–Kier alpha value is -0.0800. The zero-order valence-corrected chi connectivity index (χ0v) is 7.89. The normalized spacial score (nSPS) is 33.5. The molecule has 2 rings (SSSR count). The van der Waals surface area contributed by atoms with E-state index >= 15 is 0 Å². The Labute approximate surface area is 75.3 Å². The van der Waals surface area contributed by atoms with E-state index in [-0.39, 0.29) is 0 Å². The van der Waals surface area contributed by atoms with Crippen LogP contribution in [-0.4, -0.2) is 37.1 Å². The molecule has 0 bridgehead atoms. The second-order valence-electron chi connectivity index (χ2n) is 4.08. The Morgan fingerprint density at radius 2 is 1.75 bits per heavy atom. The first-order valence-corrected chi connectivity index (χ1v) is 5.41. The number of hydrogen-bond donors (Lipinski definition) is 1. The molecule has 0 aromatic heterocycles. The van der Waals surface area contributed by atoms with Gasteiger partial charge in [0.2, 0.25) is 0 Å². The predicted molar refractivity (Wildman–Crippen MR) is 51.3 cm³/mol. The summed E-state index contributed by atoms with van der Waals surface area (Å²) < 4.78 is 0. The zero-order valence-electron chi connectivity index (χ0n) is 7.89. The molecule has 0 aliphatic carbocycles. The molecule has 70 valence electrons. The summed E-state index contributed by atoms with van der Waals surface area (Å²) in [6, 6.07) is 0.905. The third-order valence-electron chi connectivity index (χ3n) is 3.20.